The molecule has 0 nitrogen and oxygen atoms in total. The van der Waals surface area contributed by atoms with Crippen LogP contribution in [0, 0.1) is 22.2 Å². The van der Waals surface area contributed by atoms with Gasteiger partial charge in [0, 0.05) is 0 Å². The fourth-order valence-electron chi connectivity index (χ4n) is 4.82. The Hall–Kier alpha value is 0. The second-order valence-corrected chi connectivity index (χ2v) is 9.17. The van der Waals surface area contributed by atoms with Crippen LogP contribution in [-0.2, 0) is 0 Å². The van der Waals surface area contributed by atoms with Crippen LogP contribution in [0.25, 0.3) is 0 Å². The Morgan fingerprint density at radius 2 is 1.37 bits per heavy atom. The van der Waals surface area contributed by atoms with Gasteiger partial charge in [-0.3, -0.25) is 0 Å². The number of fused-ring (bicyclic) bond motifs is 3. The second-order valence-electron chi connectivity index (χ2n) is 9.17. The van der Waals surface area contributed by atoms with Gasteiger partial charge in [-0.15, -0.1) is 0 Å². The molecule has 0 aromatic heterocycles. The largest absolute Gasteiger partial charge is 0.0628 e. The van der Waals surface area contributed by atoms with Gasteiger partial charge in [-0.05, 0) is 67.1 Å². The third-order valence-electron chi connectivity index (χ3n) is 6.73. The molecule has 0 spiro atoms. The van der Waals surface area contributed by atoms with Gasteiger partial charge in [-0.25, -0.2) is 0 Å². The van der Waals surface area contributed by atoms with Crippen molar-refractivity contribution in [1.82, 2.24) is 0 Å². The molecule has 2 bridgehead atoms. The highest BCUT2D eigenvalue weighted by Crippen LogP contribution is 2.64. The van der Waals surface area contributed by atoms with E-state index in [0.717, 1.165) is 11.3 Å². The van der Waals surface area contributed by atoms with Gasteiger partial charge < -0.3 is 0 Å². The minimum atomic E-state index is 0.525. The van der Waals surface area contributed by atoms with E-state index in [1.54, 1.807) is 0 Å². The minimum absolute atomic E-state index is 0.525. The molecule has 0 heterocycles. The Morgan fingerprint density at radius 3 is 1.79 bits per heavy atom. The maximum absolute atomic E-state index is 2.48. The van der Waals surface area contributed by atoms with E-state index in [-0.39, 0.29) is 0 Å². The first-order valence-corrected chi connectivity index (χ1v) is 8.79. The van der Waals surface area contributed by atoms with Crippen molar-refractivity contribution in [3.05, 3.63) is 0 Å². The first-order chi connectivity index (χ1) is 8.79. The highest BCUT2D eigenvalue weighted by molar-refractivity contribution is 5.03. The van der Waals surface area contributed by atoms with Crippen molar-refractivity contribution in [2.24, 2.45) is 22.2 Å². The van der Waals surface area contributed by atoms with Gasteiger partial charge in [-0.2, -0.15) is 0 Å². The summed E-state index contributed by atoms with van der Waals surface area (Å²) in [6, 6.07) is 0. The molecule has 3 aliphatic rings. The summed E-state index contributed by atoms with van der Waals surface area (Å²) < 4.78 is 0. The first-order valence-electron chi connectivity index (χ1n) is 8.79. The van der Waals surface area contributed by atoms with Gasteiger partial charge in [0.25, 0.3) is 0 Å². The lowest BCUT2D eigenvalue weighted by atomic mass is 9.46. The van der Waals surface area contributed by atoms with E-state index in [1.165, 1.54) is 64.2 Å². The van der Waals surface area contributed by atoms with Crippen LogP contribution >= 0.6 is 0 Å². The molecule has 0 aromatic rings. The smallest absolute Gasteiger partial charge is 0.0248 e. The van der Waals surface area contributed by atoms with Crippen molar-refractivity contribution in [2.45, 2.75) is 98.8 Å². The summed E-state index contributed by atoms with van der Waals surface area (Å²) in [5, 5.41) is 0. The molecule has 3 rings (SSSR count). The molecule has 112 valence electrons. The molecule has 0 unspecified atom stereocenters. The van der Waals surface area contributed by atoms with Gasteiger partial charge in [0.1, 0.15) is 0 Å². The standard InChI is InChI=1S/C19H36/c1-16(2)8-6-7-9-18-10-13-19(14-11-18,15-12-18)17(3,4)5/h16H,6-15H2,1-5H3. The third kappa shape index (κ3) is 3.19. The normalized spacial score (nSPS) is 35.1. The number of unbranched alkanes of at least 4 members (excludes halogenated alkanes) is 1. The summed E-state index contributed by atoms with van der Waals surface area (Å²) in [5.41, 5.74) is 1.98. The zero-order chi connectivity index (χ0) is 14.1. The molecule has 0 N–H and O–H groups in total. The van der Waals surface area contributed by atoms with Crippen molar-refractivity contribution in [2.75, 3.05) is 0 Å². The highest BCUT2D eigenvalue weighted by atomic mass is 14.6. The van der Waals surface area contributed by atoms with E-state index in [0.29, 0.717) is 10.8 Å². The molecule has 0 heteroatoms. The van der Waals surface area contributed by atoms with Crippen molar-refractivity contribution in [3.8, 4) is 0 Å². The minimum Gasteiger partial charge on any atom is -0.0628 e. The first kappa shape index (κ1) is 15.4. The van der Waals surface area contributed by atoms with Crippen LogP contribution in [0.2, 0.25) is 0 Å². The van der Waals surface area contributed by atoms with Crippen LogP contribution in [0.3, 0.4) is 0 Å². The SMILES string of the molecule is CC(C)CCCCC12CCC(C(C)(C)C)(CC1)CC2. The van der Waals surface area contributed by atoms with Gasteiger partial charge in [-0.1, -0.05) is 53.9 Å². The van der Waals surface area contributed by atoms with E-state index in [4.69, 9.17) is 0 Å². The topological polar surface area (TPSA) is 0 Å². The molecule has 0 aromatic carbocycles. The molecule has 3 aliphatic carbocycles. The van der Waals surface area contributed by atoms with Gasteiger partial charge in [0.05, 0.1) is 0 Å². The molecule has 0 radical (unpaired) electrons. The lowest BCUT2D eigenvalue weighted by molar-refractivity contribution is -0.0805. The molecular weight excluding hydrogens is 228 g/mol. The number of rotatable bonds is 5. The zero-order valence-electron chi connectivity index (χ0n) is 14.1. The van der Waals surface area contributed by atoms with Crippen LogP contribution < -0.4 is 0 Å². The van der Waals surface area contributed by atoms with Crippen molar-refractivity contribution in [1.29, 1.82) is 0 Å². The average Bonchev–Trinajstić information content (AvgIpc) is 2.35. The molecule has 3 fully saturated rings. The van der Waals surface area contributed by atoms with Gasteiger partial charge in [0.15, 0.2) is 0 Å². The molecule has 0 amide bonds. The summed E-state index contributed by atoms with van der Waals surface area (Å²) in [6.45, 7) is 12.2. The molecular formula is C19H36. The highest BCUT2D eigenvalue weighted by Gasteiger charge is 2.52. The Bertz CT molecular complexity index is 267. The maximum atomic E-state index is 2.48. The van der Waals surface area contributed by atoms with E-state index < -0.39 is 0 Å². The van der Waals surface area contributed by atoms with E-state index >= 15 is 0 Å². The van der Waals surface area contributed by atoms with Crippen LogP contribution in [0.1, 0.15) is 98.8 Å². The summed E-state index contributed by atoms with van der Waals surface area (Å²) in [6.07, 6.45) is 15.1. The van der Waals surface area contributed by atoms with E-state index in [2.05, 4.69) is 34.6 Å². The number of hydrogen-bond acceptors (Lipinski definition) is 0. The summed E-state index contributed by atoms with van der Waals surface area (Å²) in [5.74, 6) is 0.892. The predicted molar refractivity (Wildman–Crippen MR) is 85.3 cm³/mol. The Balaban J connectivity index is 1.83. The van der Waals surface area contributed by atoms with E-state index in [9.17, 15) is 0 Å². The molecule has 0 saturated heterocycles. The van der Waals surface area contributed by atoms with Crippen LogP contribution in [-0.4, -0.2) is 0 Å². The van der Waals surface area contributed by atoms with E-state index in [1.807, 2.05) is 0 Å². The van der Waals surface area contributed by atoms with Crippen molar-refractivity contribution < 1.29 is 0 Å². The Labute approximate surface area is 121 Å². The maximum Gasteiger partial charge on any atom is -0.0248 e. The summed E-state index contributed by atoms with van der Waals surface area (Å²) >= 11 is 0. The van der Waals surface area contributed by atoms with Gasteiger partial charge >= 0.3 is 0 Å². The van der Waals surface area contributed by atoms with Crippen LogP contribution in [0.15, 0.2) is 0 Å². The lowest BCUT2D eigenvalue weighted by Crippen LogP contribution is -2.48. The third-order valence-corrected chi connectivity index (χ3v) is 6.73. The van der Waals surface area contributed by atoms with Gasteiger partial charge in [0.2, 0.25) is 0 Å². The van der Waals surface area contributed by atoms with Crippen LogP contribution in [0.5, 0.6) is 0 Å². The predicted octanol–water partition coefficient (Wildman–Crippen LogP) is 6.59. The lowest BCUT2D eigenvalue weighted by Gasteiger charge is -2.59. The van der Waals surface area contributed by atoms with Crippen molar-refractivity contribution >= 4 is 0 Å². The van der Waals surface area contributed by atoms with Crippen LogP contribution in [0.4, 0.5) is 0 Å². The Kier molecular flexibility index (Phi) is 4.38. The summed E-state index contributed by atoms with van der Waals surface area (Å²) in [4.78, 5) is 0. The number of hydrogen-bond donors (Lipinski definition) is 0. The Morgan fingerprint density at radius 1 is 0.842 bits per heavy atom. The zero-order valence-corrected chi connectivity index (χ0v) is 14.1. The average molecular weight is 264 g/mol. The molecule has 0 aliphatic heterocycles. The fourth-order valence-corrected chi connectivity index (χ4v) is 4.82. The quantitative estimate of drug-likeness (QED) is 0.491. The monoisotopic (exact) mass is 264 g/mol. The molecule has 19 heavy (non-hydrogen) atoms. The molecule has 0 atom stereocenters. The second kappa shape index (κ2) is 5.41. The summed E-state index contributed by atoms with van der Waals surface area (Å²) in [7, 11) is 0. The molecule has 3 saturated carbocycles. The van der Waals surface area contributed by atoms with Crippen molar-refractivity contribution in [3.63, 3.8) is 0 Å². The fraction of sp³-hybridized carbons (Fsp3) is 1.00.